The molecule has 0 saturated heterocycles. The average Bonchev–Trinajstić information content (AvgIpc) is 3.90. The number of rotatable bonds is 4. The molecule has 0 saturated carbocycles. The summed E-state index contributed by atoms with van der Waals surface area (Å²) in [6.45, 7) is 0. The maximum absolute atomic E-state index is 10.9. The Morgan fingerprint density at radius 2 is 0.804 bits per heavy atom. The summed E-state index contributed by atoms with van der Waals surface area (Å²) in [5.74, 6) is -5.06. The Labute approximate surface area is 314 Å². The van der Waals surface area contributed by atoms with Gasteiger partial charge in [-0.15, -0.1) is 0 Å². The zero-order chi connectivity index (χ0) is 37.8. The molecule has 11 rings (SSSR count). The molecule has 268 valence electrons. The number of hydrogen-bond donors (Lipinski definition) is 5. The van der Waals surface area contributed by atoms with E-state index in [4.69, 9.17) is 13.8 Å². The minimum atomic E-state index is -1.09. The highest BCUT2D eigenvalue weighted by molar-refractivity contribution is 6.11. The van der Waals surface area contributed by atoms with Crippen LogP contribution < -0.4 is 0 Å². The lowest BCUT2D eigenvalue weighted by Crippen LogP contribution is -2.01. The first kappa shape index (κ1) is 31.5. The molecule has 56 heavy (non-hydrogen) atoms. The lowest BCUT2D eigenvalue weighted by atomic mass is 10.1. The summed E-state index contributed by atoms with van der Waals surface area (Å²) in [7, 11) is 0. The second kappa shape index (κ2) is 11.5. The second-order valence-electron chi connectivity index (χ2n) is 13.6. The van der Waals surface area contributed by atoms with Crippen LogP contribution >= 0.6 is 0 Å². The highest BCUT2D eigenvalue weighted by Crippen LogP contribution is 2.54. The predicted octanol–water partition coefficient (Wildman–Crippen LogP) is 10.3. The van der Waals surface area contributed by atoms with E-state index in [0.29, 0.717) is 33.5 Å². The third-order valence-electron chi connectivity index (χ3n) is 10.4. The molecule has 0 aliphatic rings. The van der Waals surface area contributed by atoms with Crippen molar-refractivity contribution in [2.24, 2.45) is 0 Å². The molecule has 0 unspecified atom stereocenters. The zero-order valence-electron chi connectivity index (χ0n) is 29.0. The third-order valence-corrected chi connectivity index (χ3v) is 10.4. The van der Waals surface area contributed by atoms with Crippen molar-refractivity contribution in [3.8, 4) is 68.6 Å². The largest absolute Gasteiger partial charge is 0.504 e. The van der Waals surface area contributed by atoms with Crippen molar-refractivity contribution in [2.45, 2.75) is 0 Å². The maximum atomic E-state index is 10.9. The van der Waals surface area contributed by atoms with Crippen molar-refractivity contribution < 1.29 is 34.4 Å². The monoisotopic (exact) mass is 734 g/mol. The third kappa shape index (κ3) is 4.48. The van der Waals surface area contributed by atoms with Crippen LogP contribution in [0.4, 0.5) is 0 Å². The number of aromatic nitrogens is 4. The Bertz CT molecular complexity index is 3370. The fourth-order valence-corrected chi connectivity index (χ4v) is 7.75. The van der Waals surface area contributed by atoms with Crippen molar-refractivity contribution in [2.75, 3.05) is 0 Å². The van der Waals surface area contributed by atoms with E-state index in [2.05, 4.69) is 44.9 Å². The van der Waals surface area contributed by atoms with Crippen molar-refractivity contribution in [3.63, 3.8) is 0 Å². The number of phenols is 5. The van der Waals surface area contributed by atoms with E-state index < -0.39 is 34.3 Å². The Morgan fingerprint density at radius 3 is 1.39 bits per heavy atom. The second-order valence-corrected chi connectivity index (χ2v) is 13.6. The number of furan rings is 2. The predicted molar refractivity (Wildman–Crippen MR) is 213 cm³/mol. The Kier molecular flexibility index (Phi) is 6.45. The molecule has 11 nitrogen and oxygen atoms in total. The van der Waals surface area contributed by atoms with E-state index in [0.717, 1.165) is 49.0 Å². The molecule has 0 atom stereocenters. The van der Waals surface area contributed by atoms with Gasteiger partial charge in [0.2, 0.25) is 17.2 Å². The fourth-order valence-electron chi connectivity index (χ4n) is 7.75. The van der Waals surface area contributed by atoms with Gasteiger partial charge < -0.3 is 38.9 Å². The molecule has 11 aromatic rings. The van der Waals surface area contributed by atoms with Gasteiger partial charge in [-0.2, -0.15) is 0 Å². The summed E-state index contributed by atoms with van der Waals surface area (Å²) in [5, 5.41) is 58.7. The van der Waals surface area contributed by atoms with Crippen LogP contribution in [0, 0.1) is 0 Å². The Morgan fingerprint density at radius 1 is 0.375 bits per heavy atom. The molecule has 0 aliphatic heterocycles. The Hall–Kier alpha value is -8.05. The lowest BCUT2D eigenvalue weighted by Gasteiger charge is -2.13. The van der Waals surface area contributed by atoms with Gasteiger partial charge in [-0.25, -0.2) is 15.0 Å². The molecule has 11 heteroatoms. The van der Waals surface area contributed by atoms with E-state index in [1.165, 1.54) is 0 Å². The SMILES string of the molecule is Oc1c(O)c(O)c(-c2nc(-c3ccc4c(c3)oc3ccccc34)nc(-c3ccc4c(c3)oc3cc(-n5c6ccccc6c6ccccc65)ccc34)n2)c(O)c1O. The van der Waals surface area contributed by atoms with E-state index in [1.807, 2.05) is 84.9 Å². The molecule has 0 amide bonds. The minimum absolute atomic E-state index is 0.133. The lowest BCUT2D eigenvalue weighted by molar-refractivity contribution is 0.329. The first-order valence-electron chi connectivity index (χ1n) is 17.6. The van der Waals surface area contributed by atoms with Gasteiger partial charge in [-0.1, -0.05) is 66.7 Å². The topological polar surface area (TPSA) is 171 Å². The van der Waals surface area contributed by atoms with Crippen molar-refractivity contribution in [1.82, 2.24) is 19.5 Å². The van der Waals surface area contributed by atoms with Gasteiger partial charge in [0.25, 0.3) is 0 Å². The molecular formula is C45H26N4O7. The highest BCUT2D eigenvalue weighted by atomic mass is 16.4. The van der Waals surface area contributed by atoms with E-state index in [-0.39, 0.29) is 17.5 Å². The molecule has 4 aromatic heterocycles. The van der Waals surface area contributed by atoms with Crippen LogP contribution in [0.15, 0.2) is 136 Å². The summed E-state index contributed by atoms with van der Waals surface area (Å²) in [4.78, 5) is 13.9. The molecule has 0 bridgehead atoms. The van der Waals surface area contributed by atoms with Crippen molar-refractivity contribution >= 4 is 65.7 Å². The smallest absolute Gasteiger partial charge is 0.208 e. The van der Waals surface area contributed by atoms with Crippen LogP contribution in [0.25, 0.3) is 106 Å². The normalized spacial score (nSPS) is 11.9. The van der Waals surface area contributed by atoms with E-state index >= 15 is 0 Å². The standard InChI is InChI=1S/C45H26N4O7/c50-38-37(39(51)41(53)42(54)40(38)52)45-47-43(22-13-16-28-27-9-3-6-12-33(27)55-34(28)19-22)46-44(48-45)23-14-17-29-30-18-15-24(21-36(30)56-35(29)20-23)49-31-10-4-1-7-25(31)26-8-2-5-11-32(26)49/h1-21,50-54H. The highest BCUT2D eigenvalue weighted by Gasteiger charge is 2.28. The summed E-state index contributed by atoms with van der Waals surface area (Å²) < 4.78 is 14.8. The minimum Gasteiger partial charge on any atom is -0.504 e. The van der Waals surface area contributed by atoms with Crippen LogP contribution in [-0.2, 0) is 0 Å². The Balaban J connectivity index is 1.09. The summed E-state index contributed by atoms with van der Waals surface area (Å²) >= 11 is 0. The summed E-state index contributed by atoms with van der Waals surface area (Å²) in [5.41, 5.74) is 6.18. The molecular weight excluding hydrogens is 709 g/mol. The quantitative estimate of drug-likeness (QED) is 0.0865. The first-order chi connectivity index (χ1) is 27.3. The number of benzene rings is 7. The number of fused-ring (bicyclic) bond motifs is 9. The van der Waals surface area contributed by atoms with Crippen LogP contribution in [0.3, 0.4) is 0 Å². The molecule has 4 heterocycles. The maximum Gasteiger partial charge on any atom is 0.208 e. The van der Waals surface area contributed by atoms with Gasteiger partial charge >= 0.3 is 0 Å². The van der Waals surface area contributed by atoms with Gasteiger partial charge in [0.05, 0.1) is 11.0 Å². The van der Waals surface area contributed by atoms with Gasteiger partial charge in [0, 0.05) is 55.2 Å². The van der Waals surface area contributed by atoms with Gasteiger partial charge in [0.1, 0.15) is 27.9 Å². The molecule has 0 radical (unpaired) electrons. The number of para-hydroxylation sites is 3. The number of nitrogens with zero attached hydrogens (tertiary/aromatic N) is 4. The molecule has 0 fully saturated rings. The molecule has 0 aliphatic carbocycles. The van der Waals surface area contributed by atoms with Gasteiger partial charge in [-0.05, 0) is 54.6 Å². The van der Waals surface area contributed by atoms with Crippen LogP contribution in [-0.4, -0.2) is 45.1 Å². The molecule has 0 spiro atoms. The summed E-state index contributed by atoms with van der Waals surface area (Å²) in [6.07, 6.45) is 0. The van der Waals surface area contributed by atoms with Crippen molar-refractivity contribution in [1.29, 1.82) is 0 Å². The fraction of sp³-hybridized carbons (Fsp3) is 0. The van der Waals surface area contributed by atoms with Gasteiger partial charge in [0.15, 0.2) is 29.0 Å². The number of phenolic OH excluding ortho intramolecular Hbond substituents is 5. The van der Waals surface area contributed by atoms with Crippen LogP contribution in [0.2, 0.25) is 0 Å². The van der Waals surface area contributed by atoms with Gasteiger partial charge in [-0.3, -0.25) is 0 Å². The zero-order valence-corrected chi connectivity index (χ0v) is 29.0. The van der Waals surface area contributed by atoms with E-state index in [9.17, 15) is 25.5 Å². The van der Waals surface area contributed by atoms with Crippen LogP contribution in [0.5, 0.6) is 28.7 Å². The van der Waals surface area contributed by atoms with Crippen molar-refractivity contribution in [3.05, 3.63) is 127 Å². The number of hydrogen-bond acceptors (Lipinski definition) is 10. The molecule has 7 aromatic carbocycles. The van der Waals surface area contributed by atoms with Crippen LogP contribution in [0.1, 0.15) is 0 Å². The average molecular weight is 735 g/mol. The molecule has 5 N–H and O–H groups in total. The number of aromatic hydroxyl groups is 5. The van der Waals surface area contributed by atoms with E-state index in [1.54, 1.807) is 12.1 Å². The first-order valence-corrected chi connectivity index (χ1v) is 17.6. The summed E-state index contributed by atoms with van der Waals surface area (Å²) in [6, 6.07) is 41.4.